The molecule has 0 spiro atoms. The van der Waals surface area contributed by atoms with Crippen molar-refractivity contribution in [3.8, 4) is 11.6 Å². The standard InChI is InChI=1S/C18H18F3N3O2/c1-24(14-8-9-22-11-14)17(25)12-2-5-15(6-3-12)26-16-7-4-13(10-23-16)18(19,20)21/h2-7,10,14,22H,8-9,11H2,1H3. The highest BCUT2D eigenvalue weighted by atomic mass is 19.4. The SMILES string of the molecule is CN(C(=O)c1ccc(Oc2ccc(C(F)(F)F)cn2)cc1)C1CCNC1. The van der Waals surface area contributed by atoms with Crippen LogP contribution in [0.25, 0.3) is 0 Å². The fraction of sp³-hybridized carbons (Fsp3) is 0.333. The van der Waals surface area contributed by atoms with Gasteiger partial charge in [0.05, 0.1) is 5.56 Å². The van der Waals surface area contributed by atoms with Crippen LogP contribution in [0.4, 0.5) is 13.2 Å². The Morgan fingerprint density at radius 2 is 1.96 bits per heavy atom. The second kappa shape index (κ2) is 7.33. The number of alkyl halides is 3. The van der Waals surface area contributed by atoms with Crippen LogP contribution in [0, 0.1) is 0 Å². The van der Waals surface area contributed by atoms with Gasteiger partial charge in [-0.25, -0.2) is 4.98 Å². The highest BCUT2D eigenvalue weighted by Gasteiger charge is 2.30. The summed E-state index contributed by atoms with van der Waals surface area (Å²) in [4.78, 5) is 17.8. The van der Waals surface area contributed by atoms with Crippen LogP contribution in [0.1, 0.15) is 22.3 Å². The molecule has 1 fully saturated rings. The van der Waals surface area contributed by atoms with Crippen molar-refractivity contribution in [3.05, 3.63) is 53.7 Å². The molecule has 1 aliphatic rings. The van der Waals surface area contributed by atoms with E-state index in [0.29, 0.717) is 11.3 Å². The second-order valence-electron chi connectivity index (χ2n) is 6.07. The highest BCUT2D eigenvalue weighted by Crippen LogP contribution is 2.30. The van der Waals surface area contributed by atoms with Gasteiger partial charge in [-0.15, -0.1) is 0 Å². The minimum absolute atomic E-state index is 0.0474. The largest absolute Gasteiger partial charge is 0.439 e. The maximum atomic E-state index is 12.5. The molecule has 138 valence electrons. The van der Waals surface area contributed by atoms with Gasteiger partial charge in [-0.1, -0.05) is 0 Å². The molecule has 1 atom stereocenters. The first-order chi connectivity index (χ1) is 12.3. The van der Waals surface area contributed by atoms with Gasteiger partial charge < -0.3 is 15.0 Å². The van der Waals surface area contributed by atoms with Crippen LogP contribution < -0.4 is 10.1 Å². The van der Waals surface area contributed by atoms with E-state index < -0.39 is 11.7 Å². The van der Waals surface area contributed by atoms with Gasteiger partial charge in [0.2, 0.25) is 5.88 Å². The van der Waals surface area contributed by atoms with Crippen LogP contribution in [0.2, 0.25) is 0 Å². The predicted molar refractivity (Wildman–Crippen MR) is 89.1 cm³/mol. The Hall–Kier alpha value is -2.61. The molecule has 0 aliphatic carbocycles. The fourth-order valence-corrected chi connectivity index (χ4v) is 2.73. The third-order valence-electron chi connectivity index (χ3n) is 4.29. The normalized spacial score (nSPS) is 17.2. The van der Waals surface area contributed by atoms with E-state index in [0.717, 1.165) is 37.8 Å². The smallest absolute Gasteiger partial charge is 0.417 e. The van der Waals surface area contributed by atoms with Crippen molar-refractivity contribution < 1.29 is 22.7 Å². The first kappa shape index (κ1) is 18.2. The number of aromatic nitrogens is 1. The van der Waals surface area contributed by atoms with Crippen molar-refractivity contribution in [1.29, 1.82) is 0 Å². The number of carbonyl (C=O) groups is 1. The van der Waals surface area contributed by atoms with Gasteiger partial charge in [-0.05, 0) is 43.3 Å². The predicted octanol–water partition coefficient (Wildman–Crippen LogP) is 3.33. The molecule has 2 heterocycles. The second-order valence-corrected chi connectivity index (χ2v) is 6.07. The first-order valence-corrected chi connectivity index (χ1v) is 8.13. The number of hydrogen-bond acceptors (Lipinski definition) is 4. The molecule has 1 aromatic heterocycles. The lowest BCUT2D eigenvalue weighted by molar-refractivity contribution is -0.137. The lowest BCUT2D eigenvalue weighted by Crippen LogP contribution is -2.38. The summed E-state index contributed by atoms with van der Waals surface area (Å²) in [5, 5.41) is 3.22. The average molecular weight is 365 g/mol. The summed E-state index contributed by atoms with van der Waals surface area (Å²) in [5.74, 6) is 0.350. The van der Waals surface area contributed by atoms with Gasteiger partial charge >= 0.3 is 6.18 Å². The number of amides is 1. The van der Waals surface area contributed by atoms with Crippen LogP contribution >= 0.6 is 0 Å². The van der Waals surface area contributed by atoms with Gasteiger partial charge in [0.1, 0.15) is 5.75 Å². The Kier molecular flexibility index (Phi) is 5.13. The summed E-state index contributed by atoms with van der Waals surface area (Å²) in [6, 6.07) is 8.67. The summed E-state index contributed by atoms with van der Waals surface area (Å²) in [7, 11) is 1.77. The lowest BCUT2D eigenvalue weighted by atomic mass is 10.1. The molecular formula is C18H18F3N3O2. The minimum atomic E-state index is -4.44. The summed E-state index contributed by atoms with van der Waals surface area (Å²) < 4.78 is 43.0. The average Bonchev–Trinajstić information content (AvgIpc) is 3.15. The lowest BCUT2D eigenvalue weighted by Gasteiger charge is -2.23. The Morgan fingerprint density at radius 1 is 1.23 bits per heavy atom. The topological polar surface area (TPSA) is 54.5 Å². The van der Waals surface area contributed by atoms with E-state index in [2.05, 4.69) is 10.3 Å². The zero-order valence-corrected chi connectivity index (χ0v) is 14.1. The number of nitrogens with zero attached hydrogens (tertiary/aromatic N) is 2. The molecule has 26 heavy (non-hydrogen) atoms. The quantitative estimate of drug-likeness (QED) is 0.903. The Bertz CT molecular complexity index is 755. The molecule has 1 unspecified atom stereocenters. The molecule has 3 rings (SSSR count). The highest BCUT2D eigenvalue weighted by molar-refractivity contribution is 5.94. The summed E-state index contributed by atoms with van der Waals surface area (Å²) in [6.45, 7) is 1.68. The number of likely N-dealkylation sites (N-methyl/N-ethyl adjacent to an activating group) is 1. The molecule has 2 aromatic rings. The van der Waals surface area contributed by atoms with Crippen molar-refractivity contribution in [2.24, 2.45) is 0 Å². The molecule has 1 amide bonds. The maximum Gasteiger partial charge on any atom is 0.417 e. The van der Waals surface area contributed by atoms with E-state index in [-0.39, 0.29) is 17.8 Å². The summed E-state index contributed by atoms with van der Waals surface area (Å²) >= 11 is 0. The molecule has 1 aliphatic heterocycles. The fourth-order valence-electron chi connectivity index (χ4n) is 2.73. The van der Waals surface area contributed by atoms with Gasteiger partial charge in [-0.3, -0.25) is 4.79 Å². The van der Waals surface area contributed by atoms with Gasteiger partial charge in [-0.2, -0.15) is 13.2 Å². The van der Waals surface area contributed by atoms with Crippen LogP contribution in [0.15, 0.2) is 42.6 Å². The number of carbonyl (C=O) groups excluding carboxylic acids is 1. The van der Waals surface area contributed by atoms with E-state index in [1.54, 1.807) is 36.2 Å². The Morgan fingerprint density at radius 3 is 2.50 bits per heavy atom. The summed E-state index contributed by atoms with van der Waals surface area (Å²) in [6.07, 6.45) is -2.80. The van der Waals surface area contributed by atoms with Crippen molar-refractivity contribution in [1.82, 2.24) is 15.2 Å². The van der Waals surface area contributed by atoms with Gasteiger partial charge in [0.25, 0.3) is 5.91 Å². The molecule has 1 saturated heterocycles. The molecule has 5 nitrogen and oxygen atoms in total. The molecule has 8 heteroatoms. The van der Waals surface area contributed by atoms with E-state index >= 15 is 0 Å². The van der Waals surface area contributed by atoms with Crippen molar-refractivity contribution in [2.45, 2.75) is 18.6 Å². The van der Waals surface area contributed by atoms with Gasteiger partial charge in [0.15, 0.2) is 0 Å². The van der Waals surface area contributed by atoms with Gasteiger partial charge in [0, 0.05) is 37.5 Å². The number of pyridine rings is 1. The number of nitrogens with one attached hydrogen (secondary N) is 1. The summed E-state index contributed by atoms with van der Waals surface area (Å²) in [5.41, 5.74) is -0.317. The molecule has 1 N–H and O–H groups in total. The minimum Gasteiger partial charge on any atom is -0.439 e. The number of ether oxygens (including phenoxy) is 1. The Balaban J connectivity index is 1.65. The van der Waals surface area contributed by atoms with E-state index in [4.69, 9.17) is 4.74 Å². The molecule has 0 bridgehead atoms. The number of benzene rings is 1. The van der Waals surface area contributed by atoms with Crippen LogP contribution in [-0.2, 0) is 6.18 Å². The van der Waals surface area contributed by atoms with Crippen LogP contribution in [0.3, 0.4) is 0 Å². The number of hydrogen-bond donors (Lipinski definition) is 1. The van der Waals surface area contributed by atoms with Crippen molar-refractivity contribution in [2.75, 3.05) is 20.1 Å². The van der Waals surface area contributed by atoms with E-state index in [1.165, 1.54) is 0 Å². The monoisotopic (exact) mass is 365 g/mol. The molecular weight excluding hydrogens is 347 g/mol. The van der Waals surface area contributed by atoms with E-state index in [1.807, 2.05) is 0 Å². The van der Waals surface area contributed by atoms with Crippen LogP contribution in [-0.4, -0.2) is 42.0 Å². The zero-order valence-electron chi connectivity index (χ0n) is 14.1. The van der Waals surface area contributed by atoms with Crippen molar-refractivity contribution in [3.63, 3.8) is 0 Å². The zero-order chi connectivity index (χ0) is 18.7. The number of halogens is 3. The van der Waals surface area contributed by atoms with Crippen molar-refractivity contribution >= 4 is 5.91 Å². The molecule has 0 radical (unpaired) electrons. The van der Waals surface area contributed by atoms with Crippen LogP contribution in [0.5, 0.6) is 11.6 Å². The first-order valence-electron chi connectivity index (χ1n) is 8.13. The third kappa shape index (κ3) is 4.13. The third-order valence-corrected chi connectivity index (χ3v) is 4.29. The van der Waals surface area contributed by atoms with E-state index in [9.17, 15) is 18.0 Å². The maximum absolute atomic E-state index is 12.5. The molecule has 1 aromatic carbocycles. The number of rotatable bonds is 4. The molecule has 0 saturated carbocycles. The Labute approximate surface area is 148 Å².